The molecular weight excluding hydrogens is 322 g/mol. The zero-order valence-corrected chi connectivity index (χ0v) is 16.5. The molecule has 3 nitrogen and oxygen atoms in total. The Labute approximate surface area is 156 Å². The van der Waals surface area contributed by atoms with Gasteiger partial charge in [0.15, 0.2) is 11.5 Å². The second kappa shape index (κ2) is 8.58. The summed E-state index contributed by atoms with van der Waals surface area (Å²) in [6, 6.07) is 14.7. The van der Waals surface area contributed by atoms with E-state index in [-0.39, 0.29) is 0 Å². The van der Waals surface area contributed by atoms with Crippen LogP contribution in [-0.2, 0) is 0 Å². The standard InChI is InChI=1S/C23H27NO2/c1-7-15(2)18-8-10-19(11-9-18)23(17(4)14-24)20-13-22(26-6)21(25-5)12-16(20)3/h8-13,15H,7H2,1-6H3/b23-17+. The summed E-state index contributed by atoms with van der Waals surface area (Å²) in [6.45, 7) is 8.30. The maximum Gasteiger partial charge on any atom is 0.161 e. The molecule has 0 radical (unpaired) electrons. The number of rotatable bonds is 6. The highest BCUT2D eigenvalue weighted by atomic mass is 16.5. The van der Waals surface area contributed by atoms with E-state index in [1.165, 1.54) is 5.56 Å². The summed E-state index contributed by atoms with van der Waals surface area (Å²) < 4.78 is 10.9. The third-order valence-corrected chi connectivity index (χ3v) is 4.92. The summed E-state index contributed by atoms with van der Waals surface area (Å²) in [6.07, 6.45) is 1.11. The number of ether oxygens (including phenoxy) is 2. The van der Waals surface area contributed by atoms with Crippen molar-refractivity contribution < 1.29 is 9.47 Å². The van der Waals surface area contributed by atoms with Crippen LogP contribution in [0.3, 0.4) is 0 Å². The Kier molecular flexibility index (Phi) is 6.46. The zero-order valence-electron chi connectivity index (χ0n) is 16.5. The number of aryl methyl sites for hydroxylation is 1. The quantitative estimate of drug-likeness (QED) is 0.612. The first-order chi connectivity index (χ1) is 12.5. The number of allylic oxidation sites excluding steroid dienone is 1. The van der Waals surface area contributed by atoms with Crippen LogP contribution in [0.1, 0.15) is 55.4 Å². The van der Waals surface area contributed by atoms with Gasteiger partial charge in [0.1, 0.15) is 0 Å². The fraction of sp³-hybridized carbons (Fsp3) is 0.348. The molecule has 0 heterocycles. The van der Waals surface area contributed by atoms with Gasteiger partial charge in [-0.2, -0.15) is 5.26 Å². The Bertz CT molecular complexity index is 842. The third kappa shape index (κ3) is 3.91. The molecule has 3 heteroatoms. The normalized spacial score (nSPS) is 12.8. The minimum absolute atomic E-state index is 0.524. The van der Waals surface area contributed by atoms with E-state index in [1.54, 1.807) is 14.2 Å². The molecule has 0 aliphatic heterocycles. The van der Waals surface area contributed by atoms with Crippen LogP contribution in [-0.4, -0.2) is 14.2 Å². The summed E-state index contributed by atoms with van der Waals surface area (Å²) >= 11 is 0. The Morgan fingerprint density at radius 2 is 1.65 bits per heavy atom. The highest BCUT2D eigenvalue weighted by molar-refractivity contribution is 5.86. The summed E-state index contributed by atoms with van der Waals surface area (Å²) in [4.78, 5) is 0. The highest BCUT2D eigenvalue weighted by Crippen LogP contribution is 2.37. The van der Waals surface area contributed by atoms with Crippen LogP contribution >= 0.6 is 0 Å². The fourth-order valence-corrected chi connectivity index (χ4v) is 3.09. The molecule has 0 saturated heterocycles. The van der Waals surface area contributed by atoms with Gasteiger partial charge in [-0.25, -0.2) is 0 Å². The molecule has 0 aromatic heterocycles. The van der Waals surface area contributed by atoms with Gasteiger partial charge in [-0.1, -0.05) is 38.1 Å². The monoisotopic (exact) mass is 349 g/mol. The molecule has 1 unspecified atom stereocenters. The SMILES string of the molecule is CCC(C)c1ccc(/C(=C(/C)C#N)c2cc(OC)c(OC)cc2C)cc1. The number of hydrogen-bond donors (Lipinski definition) is 0. The van der Waals surface area contributed by atoms with E-state index in [9.17, 15) is 5.26 Å². The molecule has 0 aliphatic rings. The second-order valence-electron chi connectivity index (χ2n) is 6.57. The van der Waals surface area contributed by atoms with Crippen molar-refractivity contribution in [1.29, 1.82) is 5.26 Å². The lowest BCUT2D eigenvalue weighted by molar-refractivity contribution is 0.354. The summed E-state index contributed by atoms with van der Waals surface area (Å²) in [5.41, 5.74) is 5.98. The van der Waals surface area contributed by atoms with Crippen molar-refractivity contribution in [2.75, 3.05) is 14.2 Å². The van der Waals surface area contributed by atoms with Crippen molar-refractivity contribution in [2.45, 2.75) is 40.0 Å². The van der Waals surface area contributed by atoms with Gasteiger partial charge in [0, 0.05) is 11.1 Å². The molecule has 1 atom stereocenters. The van der Waals surface area contributed by atoms with Gasteiger partial charge >= 0.3 is 0 Å². The Balaban J connectivity index is 2.63. The minimum atomic E-state index is 0.524. The van der Waals surface area contributed by atoms with Gasteiger partial charge in [0.05, 0.1) is 20.3 Å². The lowest BCUT2D eigenvalue weighted by Gasteiger charge is -2.17. The van der Waals surface area contributed by atoms with Crippen molar-refractivity contribution in [3.63, 3.8) is 0 Å². The molecule has 26 heavy (non-hydrogen) atoms. The first kappa shape index (κ1) is 19.6. The molecule has 0 spiro atoms. The van der Waals surface area contributed by atoms with Gasteiger partial charge in [0.25, 0.3) is 0 Å². The number of hydrogen-bond acceptors (Lipinski definition) is 3. The predicted molar refractivity (Wildman–Crippen MR) is 107 cm³/mol. The molecule has 2 rings (SSSR count). The van der Waals surface area contributed by atoms with E-state index < -0.39 is 0 Å². The second-order valence-corrected chi connectivity index (χ2v) is 6.57. The Morgan fingerprint density at radius 3 is 2.15 bits per heavy atom. The van der Waals surface area contributed by atoms with Crippen LogP contribution in [0.25, 0.3) is 5.57 Å². The lowest BCUT2D eigenvalue weighted by Crippen LogP contribution is -1.99. The molecule has 0 N–H and O–H groups in total. The number of methoxy groups -OCH3 is 2. The molecular formula is C23H27NO2. The van der Waals surface area contributed by atoms with E-state index in [1.807, 2.05) is 26.0 Å². The van der Waals surface area contributed by atoms with Gasteiger partial charge in [0.2, 0.25) is 0 Å². The topological polar surface area (TPSA) is 42.2 Å². The van der Waals surface area contributed by atoms with Crippen molar-refractivity contribution >= 4 is 5.57 Å². The zero-order chi connectivity index (χ0) is 19.3. The van der Waals surface area contributed by atoms with Crippen molar-refractivity contribution in [3.8, 4) is 17.6 Å². The molecule has 0 bridgehead atoms. The Hall–Kier alpha value is -2.73. The van der Waals surface area contributed by atoms with Crippen LogP contribution in [0.2, 0.25) is 0 Å². The highest BCUT2D eigenvalue weighted by Gasteiger charge is 2.16. The Morgan fingerprint density at radius 1 is 1.08 bits per heavy atom. The summed E-state index contributed by atoms with van der Waals surface area (Å²) in [5, 5.41) is 9.56. The summed E-state index contributed by atoms with van der Waals surface area (Å²) in [7, 11) is 3.25. The van der Waals surface area contributed by atoms with Crippen LogP contribution in [0.4, 0.5) is 0 Å². The average molecular weight is 349 g/mol. The maximum absolute atomic E-state index is 9.56. The van der Waals surface area contributed by atoms with Gasteiger partial charge in [-0.15, -0.1) is 0 Å². The van der Waals surface area contributed by atoms with E-state index in [4.69, 9.17) is 9.47 Å². The average Bonchev–Trinajstić information content (AvgIpc) is 2.68. The maximum atomic E-state index is 9.56. The molecule has 0 aliphatic carbocycles. The van der Waals surface area contributed by atoms with Crippen molar-refractivity contribution in [3.05, 3.63) is 64.2 Å². The predicted octanol–water partition coefficient (Wildman–Crippen LogP) is 5.87. The van der Waals surface area contributed by atoms with Crippen molar-refractivity contribution in [2.24, 2.45) is 0 Å². The van der Waals surface area contributed by atoms with Gasteiger partial charge < -0.3 is 9.47 Å². The van der Waals surface area contributed by atoms with Crippen LogP contribution in [0.5, 0.6) is 11.5 Å². The van der Waals surface area contributed by atoms with E-state index >= 15 is 0 Å². The minimum Gasteiger partial charge on any atom is -0.493 e. The summed E-state index contributed by atoms with van der Waals surface area (Å²) in [5.74, 6) is 1.87. The van der Waals surface area contributed by atoms with E-state index in [2.05, 4.69) is 44.2 Å². The molecule has 0 saturated carbocycles. The molecule has 2 aromatic carbocycles. The first-order valence-electron chi connectivity index (χ1n) is 8.91. The largest absolute Gasteiger partial charge is 0.493 e. The van der Waals surface area contributed by atoms with Crippen LogP contribution in [0.15, 0.2) is 42.0 Å². The third-order valence-electron chi connectivity index (χ3n) is 4.92. The number of nitrogens with zero attached hydrogens (tertiary/aromatic N) is 1. The fourth-order valence-electron chi connectivity index (χ4n) is 3.09. The molecule has 2 aromatic rings. The van der Waals surface area contributed by atoms with Crippen molar-refractivity contribution in [1.82, 2.24) is 0 Å². The van der Waals surface area contributed by atoms with Gasteiger partial charge in [-0.3, -0.25) is 0 Å². The van der Waals surface area contributed by atoms with E-state index in [0.29, 0.717) is 23.0 Å². The first-order valence-corrected chi connectivity index (χ1v) is 8.91. The molecule has 136 valence electrons. The van der Waals surface area contributed by atoms with E-state index in [0.717, 1.165) is 28.7 Å². The van der Waals surface area contributed by atoms with Gasteiger partial charge in [-0.05, 0) is 60.6 Å². The lowest BCUT2D eigenvalue weighted by atomic mass is 9.89. The molecule has 0 amide bonds. The molecule has 0 fully saturated rings. The van der Waals surface area contributed by atoms with Crippen LogP contribution < -0.4 is 9.47 Å². The number of benzene rings is 2. The van der Waals surface area contributed by atoms with Crippen LogP contribution in [0, 0.1) is 18.3 Å². The smallest absolute Gasteiger partial charge is 0.161 e. The number of nitriles is 1.